The molecule has 0 unspecified atom stereocenters. The van der Waals surface area contributed by atoms with Crippen molar-refractivity contribution in [3.8, 4) is 0 Å². The Kier molecular flexibility index (Phi) is 6.82. The number of nitrogens with one attached hydrogen (secondary N) is 1. The van der Waals surface area contributed by atoms with E-state index in [1.165, 1.54) is 35.6 Å². The average Bonchev–Trinajstić information content (AvgIpc) is 3.46. The molecule has 4 rings (SSSR count). The predicted octanol–water partition coefficient (Wildman–Crippen LogP) is 4.13. The Bertz CT molecular complexity index is 930. The lowest BCUT2D eigenvalue weighted by atomic mass is 9.82. The number of piperidine rings is 1. The summed E-state index contributed by atoms with van der Waals surface area (Å²) < 4.78 is 33.8. The molecule has 2 atom stereocenters. The van der Waals surface area contributed by atoms with Gasteiger partial charge in [-0.25, -0.2) is 9.52 Å². The summed E-state index contributed by atoms with van der Waals surface area (Å²) in [6, 6.07) is 10.9. The lowest BCUT2D eigenvalue weighted by Crippen LogP contribution is -2.73. The molecule has 1 N–H and O–H groups in total. The first-order valence-corrected chi connectivity index (χ1v) is 13.8. The van der Waals surface area contributed by atoms with Crippen LogP contribution in [0.5, 0.6) is 0 Å². The molecule has 1 aromatic rings. The topological polar surface area (TPSA) is 79.0 Å². The number of likely N-dealkylation sites (tertiary alicyclic amines) is 1. The Morgan fingerprint density at radius 1 is 1.15 bits per heavy atom. The second kappa shape index (κ2) is 9.19. The summed E-state index contributed by atoms with van der Waals surface area (Å²) >= 11 is 0. The first-order valence-electron chi connectivity index (χ1n) is 12.3. The highest BCUT2D eigenvalue weighted by atomic mass is 32.2. The zero-order chi connectivity index (χ0) is 23.9. The molecule has 7 nitrogen and oxygen atoms in total. The smallest absolute Gasteiger partial charge is 0.422 e. The van der Waals surface area contributed by atoms with Crippen LogP contribution >= 0.6 is 0 Å². The van der Waals surface area contributed by atoms with Crippen LogP contribution in [-0.2, 0) is 14.9 Å². The molecule has 1 saturated carbocycles. The molecule has 3 fully saturated rings. The molecular weight excluding hydrogens is 438 g/mol. The van der Waals surface area contributed by atoms with E-state index in [2.05, 4.69) is 46.9 Å². The molecule has 33 heavy (non-hydrogen) atoms. The van der Waals surface area contributed by atoms with E-state index in [0.717, 1.165) is 37.3 Å². The van der Waals surface area contributed by atoms with Crippen molar-refractivity contribution in [1.82, 2.24) is 13.9 Å². The fraction of sp³-hybridized carbons (Fsp3) is 0.720. The number of carbonyl (C=O) groups is 1. The van der Waals surface area contributed by atoms with Gasteiger partial charge in [-0.05, 0) is 89.3 Å². The molecule has 1 amide bonds. The van der Waals surface area contributed by atoms with Gasteiger partial charge in [0, 0.05) is 18.6 Å². The number of carbonyl (C=O) groups excluding carboxylic acids is 1. The number of nitrogens with zero attached hydrogens (tertiary/aromatic N) is 2. The van der Waals surface area contributed by atoms with E-state index in [0.29, 0.717) is 13.1 Å². The molecule has 3 aliphatic rings. The van der Waals surface area contributed by atoms with Crippen LogP contribution in [0.3, 0.4) is 0 Å². The van der Waals surface area contributed by atoms with Crippen LogP contribution in [0.15, 0.2) is 30.3 Å². The van der Waals surface area contributed by atoms with Crippen LogP contribution in [0.1, 0.15) is 71.3 Å². The largest absolute Gasteiger partial charge is 0.443 e. The van der Waals surface area contributed by atoms with Crippen molar-refractivity contribution in [3.05, 3.63) is 35.9 Å². The van der Waals surface area contributed by atoms with Gasteiger partial charge in [-0.3, -0.25) is 4.90 Å². The van der Waals surface area contributed by atoms with E-state index in [4.69, 9.17) is 4.74 Å². The van der Waals surface area contributed by atoms with Gasteiger partial charge in [-0.15, -0.1) is 0 Å². The number of benzene rings is 1. The molecule has 2 heterocycles. The lowest BCUT2D eigenvalue weighted by molar-refractivity contribution is -0.0365. The van der Waals surface area contributed by atoms with Crippen molar-refractivity contribution in [2.45, 2.75) is 76.9 Å². The molecule has 0 aromatic heterocycles. The van der Waals surface area contributed by atoms with E-state index in [1.807, 2.05) is 0 Å². The summed E-state index contributed by atoms with van der Waals surface area (Å²) in [6.45, 7) is 10.1. The number of hydrogen-bond donors (Lipinski definition) is 1. The standard InChI is InChI=1S/C25H39N3O4S/c1-5-25(17-28(18-25)33(30,31)26-23(29)32-24(2,3)4)27-13-11-19(12-14-27)15-21-16-22(21)20-9-7-6-8-10-20/h6-10,19,21-22H,5,11-18H2,1-4H3,(H,26,29)/t21-,22+/m1/s1. The summed E-state index contributed by atoms with van der Waals surface area (Å²) in [4.78, 5) is 14.4. The second-order valence-corrected chi connectivity index (χ2v) is 12.8. The second-order valence-electron chi connectivity index (χ2n) is 11.1. The van der Waals surface area contributed by atoms with E-state index >= 15 is 0 Å². The van der Waals surface area contributed by atoms with Crippen molar-refractivity contribution in [3.63, 3.8) is 0 Å². The van der Waals surface area contributed by atoms with Gasteiger partial charge in [-0.1, -0.05) is 37.3 Å². The Morgan fingerprint density at radius 2 is 1.79 bits per heavy atom. The molecule has 8 heteroatoms. The molecule has 2 aliphatic heterocycles. The monoisotopic (exact) mass is 477 g/mol. The fourth-order valence-electron chi connectivity index (χ4n) is 5.58. The lowest BCUT2D eigenvalue weighted by Gasteiger charge is -2.56. The summed E-state index contributed by atoms with van der Waals surface area (Å²) in [6.07, 6.45) is 4.97. The van der Waals surface area contributed by atoms with Crippen LogP contribution < -0.4 is 4.72 Å². The Hall–Kier alpha value is -1.64. The van der Waals surface area contributed by atoms with Crippen molar-refractivity contribution in [1.29, 1.82) is 0 Å². The first kappa shape index (κ1) is 24.5. The zero-order valence-corrected chi connectivity index (χ0v) is 21.2. The van der Waals surface area contributed by atoms with Crippen molar-refractivity contribution in [2.75, 3.05) is 26.2 Å². The zero-order valence-electron chi connectivity index (χ0n) is 20.4. The molecule has 184 valence electrons. The van der Waals surface area contributed by atoms with Gasteiger partial charge >= 0.3 is 16.3 Å². The molecule has 2 saturated heterocycles. The summed E-state index contributed by atoms with van der Waals surface area (Å²) in [5.74, 6) is 2.34. The molecule has 0 radical (unpaired) electrons. The quantitative estimate of drug-likeness (QED) is 0.639. The normalized spacial score (nSPS) is 26.4. The van der Waals surface area contributed by atoms with Crippen LogP contribution in [0.25, 0.3) is 0 Å². The van der Waals surface area contributed by atoms with Gasteiger partial charge in [0.15, 0.2) is 0 Å². The summed E-state index contributed by atoms with van der Waals surface area (Å²) in [5.41, 5.74) is 0.619. The highest BCUT2D eigenvalue weighted by Crippen LogP contribution is 2.52. The Labute approximate surface area is 199 Å². The molecule has 0 bridgehead atoms. The van der Waals surface area contributed by atoms with Crippen LogP contribution in [0.4, 0.5) is 4.79 Å². The number of rotatable bonds is 7. The Balaban J connectivity index is 1.24. The average molecular weight is 478 g/mol. The molecule has 1 aromatic carbocycles. The maximum Gasteiger partial charge on any atom is 0.422 e. The van der Waals surface area contributed by atoms with Crippen molar-refractivity contribution < 1.29 is 17.9 Å². The third kappa shape index (κ3) is 5.72. The minimum Gasteiger partial charge on any atom is -0.443 e. The molecular formula is C25H39N3O4S. The maximum absolute atomic E-state index is 12.6. The van der Waals surface area contributed by atoms with Gasteiger partial charge in [0.25, 0.3) is 0 Å². The van der Waals surface area contributed by atoms with E-state index in [-0.39, 0.29) is 5.54 Å². The Morgan fingerprint density at radius 3 is 2.36 bits per heavy atom. The summed E-state index contributed by atoms with van der Waals surface area (Å²) in [5, 5.41) is 0. The van der Waals surface area contributed by atoms with E-state index in [9.17, 15) is 13.2 Å². The highest BCUT2D eigenvalue weighted by Gasteiger charge is 2.52. The fourth-order valence-corrected chi connectivity index (χ4v) is 6.79. The minimum absolute atomic E-state index is 0.125. The van der Waals surface area contributed by atoms with Crippen molar-refractivity contribution >= 4 is 16.3 Å². The SMILES string of the molecule is CCC1(N2CCC(C[C@@H]3C[C@H]3c3ccccc3)CC2)CN(S(=O)(=O)NC(=O)OC(C)(C)C)C1. The van der Waals surface area contributed by atoms with E-state index in [1.54, 1.807) is 20.8 Å². The van der Waals surface area contributed by atoms with Crippen LogP contribution in [0.2, 0.25) is 0 Å². The van der Waals surface area contributed by atoms with Gasteiger partial charge in [-0.2, -0.15) is 12.7 Å². The van der Waals surface area contributed by atoms with E-state index < -0.39 is 21.9 Å². The van der Waals surface area contributed by atoms with Gasteiger partial charge < -0.3 is 4.74 Å². The van der Waals surface area contributed by atoms with Crippen molar-refractivity contribution in [2.24, 2.45) is 11.8 Å². The molecule has 1 aliphatic carbocycles. The maximum atomic E-state index is 12.6. The summed E-state index contributed by atoms with van der Waals surface area (Å²) in [7, 11) is -3.88. The molecule has 0 spiro atoms. The third-order valence-corrected chi connectivity index (χ3v) is 8.98. The highest BCUT2D eigenvalue weighted by molar-refractivity contribution is 7.87. The predicted molar refractivity (Wildman–Crippen MR) is 129 cm³/mol. The van der Waals surface area contributed by atoms with Gasteiger partial charge in [0.1, 0.15) is 5.60 Å². The van der Waals surface area contributed by atoms with Gasteiger partial charge in [0.05, 0.1) is 0 Å². The third-order valence-electron chi connectivity index (χ3n) is 7.62. The van der Waals surface area contributed by atoms with Crippen LogP contribution in [-0.4, -0.2) is 61.0 Å². The number of amides is 1. The number of ether oxygens (including phenoxy) is 1. The van der Waals surface area contributed by atoms with Gasteiger partial charge in [0.2, 0.25) is 0 Å². The minimum atomic E-state index is -3.88. The number of hydrogen-bond acceptors (Lipinski definition) is 5. The first-order chi connectivity index (χ1) is 15.5. The van der Waals surface area contributed by atoms with Crippen LogP contribution in [0, 0.1) is 11.8 Å².